The van der Waals surface area contributed by atoms with Gasteiger partial charge in [0.1, 0.15) is 10.7 Å². The zero-order valence-electron chi connectivity index (χ0n) is 18.4. The fourth-order valence-corrected chi connectivity index (χ4v) is 3.98. The average Bonchev–Trinajstić information content (AvgIpc) is 3.45. The fraction of sp³-hybridized carbons (Fsp3) is 0.125. The van der Waals surface area contributed by atoms with Gasteiger partial charge in [-0.15, -0.1) is 11.3 Å². The highest BCUT2D eigenvalue weighted by Gasteiger charge is 2.40. The quantitative estimate of drug-likeness (QED) is 0.340. The van der Waals surface area contributed by atoms with E-state index < -0.39 is 17.8 Å². The lowest BCUT2D eigenvalue weighted by atomic mass is 10.1. The molecular formula is C24H19ClN4O5S. The zero-order chi connectivity index (χ0) is 24.9. The number of ether oxygens (including phenoxy) is 1. The van der Waals surface area contributed by atoms with Crippen LogP contribution in [0.25, 0.3) is 0 Å². The maximum Gasteiger partial charge on any atom is 0.340 e. The predicted molar refractivity (Wildman–Crippen MR) is 133 cm³/mol. The van der Waals surface area contributed by atoms with Gasteiger partial charge in [-0.3, -0.25) is 19.7 Å². The second-order valence-corrected chi connectivity index (χ2v) is 8.55. The number of carbonyl (C=O) groups is 4. The SMILES string of the molecule is CCCOC(=O)c1ccccc1N1C(=O)C(Cl)=C(Nc2ccc(C(=O)Nc3nccs3)cc2)C1=O. The summed E-state index contributed by atoms with van der Waals surface area (Å²) in [5.41, 5.74) is 0.813. The summed E-state index contributed by atoms with van der Waals surface area (Å²) in [6.45, 7) is 2.06. The molecule has 11 heteroatoms. The van der Waals surface area contributed by atoms with Crippen molar-refractivity contribution in [2.24, 2.45) is 0 Å². The third-order valence-electron chi connectivity index (χ3n) is 4.90. The number of esters is 1. The highest BCUT2D eigenvalue weighted by atomic mass is 35.5. The molecule has 4 rings (SSSR count). The van der Waals surface area contributed by atoms with E-state index in [9.17, 15) is 19.2 Å². The summed E-state index contributed by atoms with van der Waals surface area (Å²) in [5.74, 6) is -2.48. The first kappa shape index (κ1) is 24.1. The van der Waals surface area contributed by atoms with Gasteiger partial charge in [0.2, 0.25) is 0 Å². The first-order valence-electron chi connectivity index (χ1n) is 10.5. The van der Waals surface area contributed by atoms with Crippen molar-refractivity contribution >= 4 is 63.1 Å². The number of imide groups is 1. The van der Waals surface area contributed by atoms with Crippen molar-refractivity contribution in [3.05, 3.63) is 82.0 Å². The van der Waals surface area contributed by atoms with Crippen LogP contribution in [0.5, 0.6) is 0 Å². The molecule has 0 radical (unpaired) electrons. The summed E-state index contributed by atoms with van der Waals surface area (Å²) in [7, 11) is 0. The molecule has 0 spiro atoms. The number of amides is 3. The second kappa shape index (κ2) is 10.5. The molecule has 0 unspecified atom stereocenters. The van der Waals surface area contributed by atoms with Crippen molar-refractivity contribution in [2.75, 3.05) is 22.1 Å². The first-order chi connectivity index (χ1) is 16.9. The van der Waals surface area contributed by atoms with Crippen LogP contribution in [0.4, 0.5) is 16.5 Å². The summed E-state index contributed by atoms with van der Waals surface area (Å²) >= 11 is 7.51. The van der Waals surface area contributed by atoms with Gasteiger partial charge < -0.3 is 10.1 Å². The van der Waals surface area contributed by atoms with Gasteiger partial charge in [-0.05, 0) is 42.8 Å². The van der Waals surface area contributed by atoms with Crippen LogP contribution in [0.3, 0.4) is 0 Å². The van der Waals surface area contributed by atoms with Gasteiger partial charge in [-0.1, -0.05) is 30.7 Å². The van der Waals surface area contributed by atoms with E-state index in [1.165, 1.54) is 23.5 Å². The predicted octanol–water partition coefficient (Wildman–Crippen LogP) is 4.40. The molecule has 9 nitrogen and oxygen atoms in total. The summed E-state index contributed by atoms with van der Waals surface area (Å²) < 4.78 is 5.17. The Bertz CT molecular complexity index is 1320. The van der Waals surface area contributed by atoms with Crippen molar-refractivity contribution in [2.45, 2.75) is 13.3 Å². The lowest BCUT2D eigenvalue weighted by molar-refractivity contribution is -0.120. The highest BCUT2D eigenvalue weighted by Crippen LogP contribution is 2.32. The first-order valence-corrected chi connectivity index (χ1v) is 11.8. The molecule has 0 bridgehead atoms. The minimum Gasteiger partial charge on any atom is -0.462 e. The summed E-state index contributed by atoms with van der Waals surface area (Å²) in [6.07, 6.45) is 2.21. The Morgan fingerprint density at radius 2 is 1.83 bits per heavy atom. The maximum absolute atomic E-state index is 13.2. The van der Waals surface area contributed by atoms with E-state index in [1.807, 2.05) is 6.92 Å². The Labute approximate surface area is 209 Å². The number of nitrogens with one attached hydrogen (secondary N) is 2. The third-order valence-corrected chi connectivity index (χ3v) is 5.94. The average molecular weight is 511 g/mol. The Balaban J connectivity index is 1.52. The number of hydrogen-bond acceptors (Lipinski definition) is 8. The van der Waals surface area contributed by atoms with E-state index in [0.29, 0.717) is 22.8 Å². The van der Waals surface area contributed by atoms with Crippen LogP contribution < -0.4 is 15.5 Å². The molecule has 2 aromatic carbocycles. The molecule has 0 atom stereocenters. The van der Waals surface area contributed by atoms with Crippen molar-refractivity contribution in [3.63, 3.8) is 0 Å². The number of para-hydroxylation sites is 1. The van der Waals surface area contributed by atoms with Crippen LogP contribution in [0.2, 0.25) is 0 Å². The van der Waals surface area contributed by atoms with Crippen LogP contribution >= 0.6 is 22.9 Å². The molecule has 2 heterocycles. The van der Waals surface area contributed by atoms with Gasteiger partial charge in [0.15, 0.2) is 5.13 Å². The maximum atomic E-state index is 13.2. The minimum absolute atomic E-state index is 0.0731. The van der Waals surface area contributed by atoms with Crippen molar-refractivity contribution < 1.29 is 23.9 Å². The second-order valence-electron chi connectivity index (χ2n) is 7.28. The van der Waals surface area contributed by atoms with Crippen molar-refractivity contribution in [3.8, 4) is 0 Å². The van der Waals surface area contributed by atoms with Crippen molar-refractivity contribution in [1.29, 1.82) is 0 Å². The molecular weight excluding hydrogens is 492 g/mol. The molecule has 1 aromatic heterocycles. The van der Waals surface area contributed by atoms with E-state index in [1.54, 1.807) is 48.0 Å². The number of thiazole rings is 1. The Morgan fingerprint density at radius 3 is 2.51 bits per heavy atom. The number of halogens is 1. The molecule has 3 aromatic rings. The molecule has 3 amide bonds. The van der Waals surface area contributed by atoms with Gasteiger partial charge in [0.25, 0.3) is 17.7 Å². The lowest BCUT2D eigenvalue weighted by Gasteiger charge is -2.18. The Morgan fingerprint density at radius 1 is 1.09 bits per heavy atom. The monoisotopic (exact) mass is 510 g/mol. The van der Waals surface area contributed by atoms with E-state index in [2.05, 4.69) is 15.6 Å². The Hall–Kier alpha value is -4.02. The molecule has 0 saturated heterocycles. The van der Waals surface area contributed by atoms with E-state index in [4.69, 9.17) is 16.3 Å². The smallest absolute Gasteiger partial charge is 0.340 e. The highest BCUT2D eigenvalue weighted by molar-refractivity contribution is 7.13. The van der Waals surface area contributed by atoms with Gasteiger partial charge in [0.05, 0.1) is 17.9 Å². The molecule has 2 N–H and O–H groups in total. The molecule has 0 fully saturated rings. The molecule has 1 aliphatic rings. The minimum atomic E-state index is -0.769. The largest absolute Gasteiger partial charge is 0.462 e. The fourth-order valence-electron chi connectivity index (χ4n) is 3.25. The van der Waals surface area contributed by atoms with Gasteiger partial charge >= 0.3 is 5.97 Å². The molecule has 0 saturated carbocycles. The molecule has 1 aliphatic heterocycles. The molecule has 35 heavy (non-hydrogen) atoms. The number of aromatic nitrogens is 1. The topological polar surface area (TPSA) is 118 Å². The van der Waals surface area contributed by atoms with Crippen LogP contribution in [0.15, 0.2) is 70.8 Å². The molecule has 0 aliphatic carbocycles. The van der Waals surface area contributed by atoms with Gasteiger partial charge in [-0.25, -0.2) is 14.7 Å². The number of carbonyl (C=O) groups excluding carboxylic acids is 4. The number of hydrogen-bond donors (Lipinski definition) is 2. The van der Waals surface area contributed by atoms with E-state index >= 15 is 0 Å². The Kier molecular flexibility index (Phi) is 7.23. The van der Waals surface area contributed by atoms with Gasteiger partial charge in [-0.2, -0.15) is 0 Å². The van der Waals surface area contributed by atoms with Crippen LogP contribution in [-0.4, -0.2) is 35.3 Å². The van der Waals surface area contributed by atoms with Crippen LogP contribution in [-0.2, 0) is 14.3 Å². The number of rotatable bonds is 8. The van der Waals surface area contributed by atoms with Crippen LogP contribution in [0, 0.1) is 0 Å². The number of anilines is 3. The zero-order valence-corrected chi connectivity index (χ0v) is 20.0. The summed E-state index contributed by atoms with van der Waals surface area (Å²) in [6, 6.07) is 12.4. The summed E-state index contributed by atoms with van der Waals surface area (Å²) in [4.78, 5) is 55.7. The third kappa shape index (κ3) is 5.08. The normalized spacial score (nSPS) is 13.3. The standard InChI is InChI=1S/C24H19ClN4O5S/c1-2-12-34-23(33)16-5-3-4-6-17(16)29-21(31)18(25)19(22(29)32)27-15-9-7-14(8-10-15)20(30)28-24-26-11-13-35-24/h3-11,13,27H,2,12H2,1H3,(H,26,28,30). The van der Waals surface area contributed by atoms with Crippen molar-refractivity contribution in [1.82, 2.24) is 4.98 Å². The lowest BCUT2D eigenvalue weighted by Crippen LogP contribution is -2.33. The number of benzene rings is 2. The molecule has 178 valence electrons. The summed E-state index contributed by atoms with van der Waals surface area (Å²) in [5, 5.41) is 7.42. The van der Waals surface area contributed by atoms with E-state index in [0.717, 1.165) is 4.90 Å². The van der Waals surface area contributed by atoms with E-state index in [-0.39, 0.29) is 34.5 Å². The number of nitrogens with zero attached hydrogens (tertiary/aromatic N) is 2. The van der Waals surface area contributed by atoms with Crippen LogP contribution in [0.1, 0.15) is 34.1 Å². The van der Waals surface area contributed by atoms with Gasteiger partial charge in [0, 0.05) is 22.8 Å².